The van der Waals surface area contributed by atoms with Crippen molar-refractivity contribution in [3.63, 3.8) is 0 Å². The molecule has 1 aromatic heterocycles. The fourth-order valence-corrected chi connectivity index (χ4v) is 2.74. The van der Waals surface area contributed by atoms with Crippen molar-refractivity contribution in [2.45, 2.75) is 6.42 Å². The Morgan fingerprint density at radius 3 is 2.56 bits per heavy atom. The van der Waals surface area contributed by atoms with Crippen molar-refractivity contribution in [3.05, 3.63) is 30.1 Å². The molecule has 0 unspecified atom stereocenters. The zero-order chi connectivity index (χ0) is 12.0. The second-order valence-corrected chi connectivity index (χ2v) is 6.01. The van der Waals surface area contributed by atoms with Crippen LogP contribution in [0.25, 0.3) is 0 Å². The maximum Gasteiger partial charge on any atom is 0.214 e. The molecule has 0 radical (unpaired) electrons. The predicted octanol–water partition coefficient (Wildman–Crippen LogP) is 1.12. The second-order valence-electron chi connectivity index (χ2n) is 3.43. The van der Waals surface area contributed by atoms with Crippen molar-refractivity contribution in [2.24, 2.45) is 0 Å². The third kappa shape index (κ3) is 4.08. The number of rotatable bonds is 6. The molecule has 0 spiro atoms. The van der Waals surface area contributed by atoms with Gasteiger partial charge in [-0.15, -0.1) is 11.6 Å². The zero-order valence-corrected chi connectivity index (χ0v) is 10.7. The number of sulfonamides is 1. The third-order valence-electron chi connectivity index (χ3n) is 2.27. The van der Waals surface area contributed by atoms with Gasteiger partial charge in [0.25, 0.3) is 0 Å². The minimum absolute atomic E-state index is 0.102. The number of hydrogen-bond acceptors (Lipinski definition) is 3. The number of aromatic nitrogens is 1. The number of nitrogens with zero attached hydrogens (tertiary/aromatic N) is 2. The molecule has 16 heavy (non-hydrogen) atoms. The highest BCUT2D eigenvalue weighted by Crippen LogP contribution is 2.04. The first-order valence-electron chi connectivity index (χ1n) is 4.95. The first-order valence-corrected chi connectivity index (χ1v) is 7.09. The SMILES string of the molecule is CN(CCCl)S(=O)(=O)CCc1ccncc1. The van der Waals surface area contributed by atoms with E-state index in [0.29, 0.717) is 18.8 Å². The van der Waals surface area contributed by atoms with Crippen molar-refractivity contribution in [3.8, 4) is 0 Å². The van der Waals surface area contributed by atoms with Crippen molar-refractivity contribution in [1.82, 2.24) is 9.29 Å². The number of alkyl halides is 1. The quantitative estimate of drug-likeness (QED) is 0.722. The molecule has 0 aromatic carbocycles. The molecule has 0 aliphatic carbocycles. The van der Waals surface area contributed by atoms with E-state index in [0.717, 1.165) is 5.56 Å². The fraction of sp³-hybridized carbons (Fsp3) is 0.500. The van der Waals surface area contributed by atoms with Gasteiger partial charge in [-0.05, 0) is 24.1 Å². The lowest BCUT2D eigenvalue weighted by Gasteiger charge is -2.15. The van der Waals surface area contributed by atoms with Crippen LogP contribution < -0.4 is 0 Å². The average molecular weight is 263 g/mol. The van der Waals surface area contributed by atoms with Gasteiger partial charge >= 0.3 is 0 Å². The summed E-state index contributed by atoms with van der Waals surface area (Å²) in [6.07, 6.45) is 3.81. The molecule has 0 saturated carbocycles. The Balaban J connectivity index is 2.55. The summed E-state index contributed by atoms with van der Waals surface area (Å²) in [7, 11) is -1.65. The van der Waals surface area contributed by atoms with Crippen LogP contribution in [0.5, 0.6) is 0 Å². The Morgan fingerprint density at radius 1 is 1.38 bits per heavy atom. The van der Waals surface area contributed by atoms with E-state index in [2.05, 4.69) is 4.98 Å². The highest BCUT2D eigenvalue weighted by Gasteiger charge is 2.16. The Bertz CT molecular complexity index is 408. The van der Waals surface area contributed by atoms with E-state index in [-0.39, 0.29) is 5.75 Å². The Kier molecular flexibility index (Phi) is 5.18. The summed E-state index contributed by atoms with van der Waals surface area (Å²) in [5.41, 5.74) is 0.970. The summed E-state index contributed by atoms with van der Waals surface area (Å²) in [5.74, 6) is 0.412. The standard InChI is InChI=1S/C10H15ClN2O2S/c1-13(8-5-11)16(14,15)9-4-10-2-6-12-7-3-10/h2-3,6-7H,4-5,8-9H2,1H3. The lowest BCUT2D eigenvalue weighted by molar-refractivity contribution is 0.487. The fourth-order valence-electron chi connectivity index (χ4n) is 1.21. The van der Waals surface area contributed by atoms with E-state index in [1.165, 1.54) is 4.31 Å². The average Bonchev–Trinajstić information content (AvgIpc) is 2.28. The smallest absolute Gasteiger partial charge is 0.214 e. The van der Waals surface area contributed by atoms with E-state index in [4.69, 9.17) is 11.6 Å². The lowest BCUT2D eigenvalue weighted by atomic mass is 10.2. The van der Waals surface area contributed by atoms with E-state index in [9.17, 15) is 8.42 Å². The molecular formula is C10H15ClN2O2S. The van der Waals surface area contributed by atoms with E-state index >= 15 is 0 Å². The van der Waals surface area contributed by atoms with Crippen LogP contribution in [0.15, 0.2) is 24.5 Å². The Labute approximate surface area is 101 Å². The number of hydrogen-bond donors (Lipinski definition) is 0. The third-order valence-corrected chi connectivity index (χ3v) is 4.29. The van der Waals surface area contributed by atoms with Gasteiger partial charge in [-0.1, -0.05) is 0 Å². The van der Waals surface area contributed by atoms with Crippen LogP contribution in [0.3, 0.4) is 0 Å². The van der Waals surface area contributed by atoms with Crippen LogP contribution in [-0.2, 0) is 16.4 Å². The number of halogens is 1. The summed E-state index contributed by atoms with van der Waals surface area (Å²) in [5, 5.41) is 0. The first kappa shape index (κ1) is 13.4. The topological polar surface area (TPSA) is 50.3 Å². The predicted molar refractivity (Wildman–Crippen MR) is 65.1 cm³/mol. The molecule has 0 N–H and O–H groups in total. The van der Waals surface area contributed by atoms with Crippen LogP contribution in [-0.4, -0.2) is 42.9 Å². The molecule has 4 nitrogen and oxygen atoms in total. The molecule has 0 bridgehead atoms. The van der Waals surface area contributed by atoms with Crippen LogP contribution >= 0.6 is 11.6 Å². The van der Waals surface area contributed by atoms with Gasteiger partial charge in [-0.3, -0.25) is 4.98 Å². The van der Waals surface area contributed by atoms with Gasteiger partial charge in [0.15, 0.2) is 0 Å². The van der Waals surface area contributed by atoms with Crippen LogP contribution in [0.4, 0.5) is 0 Å². The molecule has 90 valence electrons. The van der Waals surface area contributed by atoms with Crippen LogP contribution in [0.1, 0.15) is 5.56 Å². The van der Waals surface area contributed by atoms with Gasteiger partial charge < -0.3 is 0 Å². The summed E-state index contributed by atoms with van der Waals surface area (Å²) < 4.78 is 24.8. The Morgan fingerprint density at radius 2 is 2.00 bits per heavy atom. The van der Waals surface area contributed by atoms with Crippen molar-refractivity contribution in [2.75, 3.05) is 25.2 Å². The molecular weight excluding hydrogens is 248 g/mol. The monoisotopic (exact) mass is 262 g/mol. The highest BCUT2D eigenvalue weighted by molar-refractivity contribution is 7.89. The van der Waals surface area contributed by atoms with Gasteiger partial charge in [0.2, 0.25) is 10.0 Å². The minimum atomic E-state index is -3.19. The van der Waals surface area contributed by atoms with E-state index in [1.807, 2.05) is 12.1 Å². The zero-order valence-electron chi connectivity index (χ0n) is 9.13. The molecule has 0 fully saturated rings. The molecule has 1 heterocycles. The summed E-state index contributed by atoms with van der Waals surface area (Å²) in [4.78, 5) is 3.88. The number of aryl methyl sites for hydroxylation is 1. The molecule has 1 rings (SSSR count). The summed E-state index contributed by atoms with van der Waals surface area (Å²) in [6, 6.07) is 3.63. The van der Waals surface area contributed by atoms with Crippen molar-refractivity contribution in [1.29, 1.82) is 0 Å². The molecule has 1 aromatic rings. The molecule has 0 atom stereocenters. The van der Waals surface area contributed by atoms with Crippen molar-refractivity contribution < 1.29 is 8.42 Å². The van der Waals surface area contributed by atoms with Gasteiger partial charge in [0.1, 0.15) is 0 Å². The molecule has 0 aliphatic heterocycles. The molecule has 0 aliphatic rings. The first-order chi connectivity index (χ1) is 7.56. The normalized spacial score (nSPS) is 11.9. The largest absolute Gasteiger partial charge is 0.265 e. The Hall–Kier alpha value is -0.650. The van der Waals surface area contributed by atoms with E-state index in [1.54, 1.807) is 19.4 Å². The lowest BCUT2D eigenvalue weighted by Crippen LogP contribution is -2.31. The van der Waals surface area contributed by atoms with Gasteiger partial charge in [0.05, 0.1) is 5.75 Å². The van der Waals surface area contributed by atoms with E-state index < -0.39 is 10.0 Å². The maximum absolute atomic E-state index is 11.7. The molecule has 0 amide bonds. The molecule has 6 heteroatoms. The number of pyridine rings is 1. The minimum Gasteiger partial charge on any atom is -0.265 e. The maximum atomic E-state index is 11.7. The van der Waals surface area contributed by atoms with Crippen LogP contribution in [0.2, 0.25) is 0 Å². The molecule has 0 saturated heterocycles. The van der Waals surface area contributed by atoms with Gasteiger partial charge in [-0.25, -0.2) is 12.7 Å². The van der Waals surface area contributed by atoms with Gasteiger partial charge in [0, 0.05) is 31.9 Å². The highest BCUT2D eigenvalue weighted by atomic mass is 35.5. The summed E-state index contributed by atoms with van der Waals surface area (Å²) in [6.45, 7) is 0.347. The van der Waals surface area contributed by atoms with Gasteiger partial charge in [-0.2, -0.15) is 0 Å². The van der Waals surface area contributed by atoms with Crippen molar-refractivity contribution >= 4 is 21.6 Å². The summed E-state index contributed by atoms with van der Waals surface area (Å²) >= 11 is 5.51. The second kappa shape index (κ2) is 6.18. The van der Waals surface area contributed by atoms with Crippen LogP contribution in [0, 0.1) is 0 Å².